The number of hydrazine groups is 1. The summed E-state index contributed by atoms with van der Waals surface area (Å²) >= 11 is 1.25. The number of hydrogen-bond acceptors (Lipinski definition) is 6. The summed E-state index contributed by atoms with van der Waals surface area (Å²) in [6.07, 6.45) is 0. The van der Waals surface area contributed by atoms with Gasteiger partial charge in [0, 0.05) is 14.2 Å². The smallest absolute Gasteiger partial charge is 0.277 e. The third-order valence-corrected chi connectivity index (χ3v) is 2.70. The highest BCUT2D eigenvalue weighted by atomic mass is 32.1. The van der Waals surface area contributed by atoms with Gasteiger partial charge in [0.15, 0.2) is 0 Å². The van der Waals surface area contributed by atoms with Crippen molar-refractivity contribution in [1.29, 1.82) is 0 Å². The largest absolute Gasteiger partial charge is 0.378 e. The normalized spacial score (nSPS) is 10.3. The lowest BCUT2D eigenvalue weighted by Gasteiger charge is -1.98. The Labute approximate surface area is 91.4 Å². The van der Waals surface area contributed by atoms with Gasteiger partial charge in [0.1, 0.15) is 9.88 Å². The highest BCUT2D eigenvalue weighted by Gasteiger charge is 2.16. The minimum absolute atomic E-state index is 0.281. The molecule has 1 rings (SSSR count). The molecule has 0 aromatic carbocycles. The summed E-state index contributed by atoms with van der Waals surface area (Å²) in [5.41, 5.74) is 2.65. The zero-order valence-electron chi connectivity index (χ0n) is 8.57. The zero-order valence-corrected chi connectivity index (χ0v) is 9.39. The number of carbonyl (C=O) groups is 1. The molecule has 1 amide bonds. The summed E-state index contributed by atoms with van der Waals surface area (Å²) in [5.74, 6) is 4.70. The molecule has 0 atom stereocenters. The van der Waals surface area contributed by atoms with Crippen molar-refractivity contribution in [2.24, 2.45) is 5.84 Å². The van der Waals surface area contributed by atoms with E-state index in [1.807, 2.05) is 0 Å². The number of nitrogen functional groups attached to an aromatic ring is 1. The van der Waals surface area contributed by atoms with Crippen molar-refractivity contribution in [3.05, 3.63) is 15.6 Å². The lowest BCUT2D eigenvalue weighted by atomic mass is 10.3. The fourth-order valence-corrected chi connectivity index (χ4v) is 2.01. The van der Waals surface area contributed by atoms with Crippen molar-refractivity contribution < 1.29 is 14.3 Å². The maximum Gasteiger partial charge on any atom is 0.277 e. The number of nitrogens with one attached hydrogen (secondary N) is 1. The van der Waals surface area contributed by atoms with Crippen LogP contribution in [0.4, 0.5) is 0 Å². The second-order valence-corrected chi connectivity index (χ2v) is 3.81. The van der Waals surface area contributed by atoms with Crippen LogP contribution >= 0.6 is 11.3 Å². The molecule has 3 N–H and O–H groups in total. The van der Waals surface area contributed by atoms with Gasteiger partial charge in [0.2, 0.25) is 0 Å². The molecule has 0 aliphatic carbocycles. The van der Waals surface area contributed by atoms with Crippen molar-refractivity contribution in [3.8, 4) is 0 Å². The van der Waals surface area contributed by atoms with Crippen LogP contribution in [0.2, 0.25) is 0 Å². The molecule has 0 saturated carbocycles. The van der Waals surface area contributed by atoms with Gasteiger partial charge in [0.25, 0.3) is 5.91 Å². The first-order valence-electron chi connectivity index (χ1n) is 4.20. The second kappa shape index (κ2) is 5.76. The molecule has 6 nitrogen and oxygen atoms in total. The Morgan fingerprint density at radius 2 is 2.13 bits per heavy atom. The molecule has 0 unspecified atom stereocenters. The van der Waals surface area contributed by atoms with Gasteiger partial charge in [-0.25, -0.2) is 10.8 Å². The molecule has 1 aromatic heterocycles. The van der Waals surface area contributed by atoms with Crippen LogP contribution in [0.3, 0.4) is 0 Å². The fourth-order valence-electron chi connectivity index (χ4n) is 1.06. The third-order valence-electron chi connectivity index (χ3n) is 1.63. The van der Waals surface area contributed by atoms with Crippen LogP contribution < -0.4 is 11.3 Å². The number of rotatable bonds is 5. The molecule has 0 radical (unpaired) electrons. The van der Waals surface area contributed by atoms with E-state index in [0.29, 0.717) is 17.2 Å². The lowest BCUT2D eigenvalue weighted by Crippen LogP contribution is -2.30. The van der Waals surface area contributed by atoms with Crippen LogP contribution in [0, 0.1) is 0 Å². The molecule has 84 valence electrons. The highest BCUT2D eigenvalue weighted by Crippen LogP contribution is 2.19. The van der Waals surface area contributed by atoms with Crippen LogP contribution in [0.25, 0.3) is 0 Å². The first-order chi connectivity index (χ1) is 7.22. The topological polar surface area (TPSA) is 86.5 Å². The second-order valence-electron chi connectivity index (χ2n) is 2.72. The minimum Gasteiger partial charge on any atom is -0.378 e. The number of carbonyl (C=O) groups excluding carboxylic acids is 1. The number of aromatic nitrogens is 1. The van der Waals surface area contributed by atoms with Crippen LogP contribution in [0.15, 0.2) is 0 Å². The highest BCUT2D eigenvalue weighted by molar-refractivity contribution is 7.13. The number of nitrogens with zero attached hydrogens (tertiary/aromatic N) is 1. The summed E-state index contributed by atoms with van der Waals surface area (Å²) in [7, 11) is 3.11. The fraction of sp³-hybridized carbons (Fsp3) is 0.500. The number of thiazole rings is 1. The van der Waals surface area contributed by atoms with E-state index in [9.17, 15) is 4.79 Å². The first kappa shape index (κ1) is 12.1. The molecule has 1 aromatic rings. The minimum atomic E-state index is -0.359. The predicted octanol–water partition coefficient (Wildman–Crippen LogP) is 0.0394. The number of methoxy groups -OCH3 is 2. The van der Waals surface area contributed by atoms with Crippen molar-refractivity contribution in [2.75, 3.05) is 14.2 Å². The maximum absolute atomic E-state index is 11.4. The van der Waals surface area contributed by atoms with Gasteiger partial charge in [-0.1, -0.05) is 0 Å². The van der Waals surface area contributed by atoms with E-state index in [2.05, 4.69) is 10.4 Å². The molecule has 0 spiro atoms. The average molecular weight is 231 g/mol. The molecule has 0 aliphatic heterocycles. The molecule has 0 fully saturated rings. The van der Waals surface area contributed by atoms with Crippen LogP contribution in [-0.4, -0.2) is 25.1 Å². The van der Waals surface area contributed by atoms with E-state index in [-0.39, 0.29) is 12.5 Å². The van der Waals surface area contributed by atoms with E-state index in [4.69, 9.17) is 15.3 Å². The van der Waals surface area contributed by atoms with Gasteiger partial charge in [-0.2, -0.15) is 0 Å². The molecule has 1 heterocycles. The van der Waals surface area contributed by atoms with Crippen molar-refractivity contribution in [3.63, 3.8) is 0 Å². The quantitative estimate of drug-likeness (QED) is 0.424. The monoisotopic (exact) mass is 231 g/mol. The van der Waals surface area contributed by atoms with Gasteiger partial charge in [-0.15, -0.1) is 11.3 Å². The lowest BCUT2D eigenvalue weighted by molar-refractivity contribution is 0.0952. The van der Waals surface area contributed by atoms with E-state index < -0.39 is 0 Å². The SMILES string of the molecule is COCc1nc(COC)c(C(=O)NN)s1. The zero-order chi connectivity index (χ0) is 11.3. The van der Waals surface area contributed by atoms with Crippen LogP contribution in [0.1, 0.15) is 20.4 Å². The Balaban J connectivity index is 2.94. The summed E-state index contributed by atoms with van der Waals surface area (Å²) < 4.78 is 9.87. The van der Waals surface area contributed by atoms with E-state index in [0.717, 1.165) is 5.01 Å². The Morgan fingerprint density at radius 1 is 1.47 bits per heavy atom. The molecule has 15 heavy (non-hydrogen) atoms. The van der Waals surface area contributed by atoms with Gasteiger partial charge in [-0.05, 0) is 0 Å². The Morgan fingerprint density at radius 3 is 2.67 bits per heavy atom. The molecule has 0 bridgehead atoms. The summed E-state index contributed by atoms with van der Waals surface area (Å²) in [4.78, 5) is 16.0. The Bertz CT molecular complexity index is 340. The molecular formula is C8H13N3O3S. The van der Waals surface area contributed by atoms with E-state index in [1.54, 1.807) is 14.2 Å². The third kappa shape index (κ3) is 2.96. The van der Waals surface area contributed by atoms with Crippen molar-refractivity contribution >= 4 is 17.2 Å². The Hall–Kier alpha value is -1.02. The standard InChI is InChI=1S/C8H13N3O3S/c1-13-3-5-7(8(12)11-9)15-6(10-5)4-14-2/h3-4,9H2,1-2H3,(H,11,12). The number of hydrogen-bond donors (Lipinski definition) is 2. The molecular weight excluding hydrogens is 218 g/mol. The van der Waals surface area contributed by atoms with Gasteiger partial charge >= 0.3 is 0 Å². The molecule has 7 heteroatoms. The van der Waals surface area contributed by atoms with Crippen molar-refractivity contribution in [1.82, 2.24) is 10.4 Å². The average Bonchev–Trinajstić information content (AvgIpc) is 2.61. The predicted molar refractivity (Wildman–Crippen MR) is 55.2 cm³/mol. The molecule has 0 saturated heterocycles. The van der Waals surface area contributed by atoms with E-state index in [1.165, 1.54) is 11.3 Å². The molecule has 0 aliphatic rings. The van der Waals surface area contributed by atoms with E-state index >= 15 is 0 Å². The van der Waals surface area contributed by atoms with Gasteiger partial charge in [-0.3, -0.25) is 10.2 Å². The maximum atomic E-state index is 11.4. The number of amides is 1. The van der Waals surface area contributed by atoms with Crippen LogP contribution in [0.5, 0.6) is 0 Å². The Kier molecular flexibility index (Phi) is 4.63. The first-order valence-corrected chi connectivity index (χ1v) is 5.02. The van der Waals surface area contributed by atoms with Gasteiger partial charge in [0.05, 0.1) is 18.9 Å². The number of ether oxygens (including phenoxy) is 2. The number of nitrogens with two attached hydrogens (primary N) is 1. The summed E-state index contributed by atoms with van der Waals surface area (Å²) in [6.45, 7) is 0.655. The summed E-state index contributed by atoms with van der Waals surface area (Å²) in [6, 6.07) is 0. The van der Waals surface area contributed by atoms with Gasteiger partial charge < -0.3 is 9.47 Å². The van der Waals surface area contributed by atoms with Crippen molar-refractivity contribution in [2.45, 2.75) is 13.2 Å². The summed E-state index contributed by atoms with van der Waals surface area (Å²) in [5, 5.41) is 0.725. The van der Waals surface area contributed by atoms with Crippen LogP contribution in [-0.2, 0) is 22.7 Å².